The second kappa shape index (κ2) is 10.5. The van der Waals surface area contributed by atoms with Gasteiger partial charge in [-0.25, -0.2) is 8.42 Å². The van der Waals surface area contributed by atoms with Crippen LogP contribution in [0.1, 0.15) is 37.0 Å². The Kier molecular flexibility index (Phi) is 7.92. The van der Waals surface area contributed by atoms with E-state index in [2.05, 4.69) is 24.5 Å². The van der Waals surface area contributed by atoms with Crippen molar-refractivity contribution in [2.24, 2.45) is 11.8 Å². The number of anilines is 1. The molecule has 7 nitrogen and oxygen atoms in total. The molecule has 1 saturated heterocycles. The Morgan fingerprint density at radius 3 is 2.19 bits per heavy atom. The molecule has 32 heavy (non-hydrogen) atoms. The maximum Gasteiger partial charge on any atom is 0.251 e. The highest BCUT2D eigenvalue weighted by molar-refractivity contribution is 7.89. The number of nitrogens with zero attached hydrogens (tertiary/aromatic N) is 1. The fourth-order valence-electron chi connectivity index (χ4n) is 3.88. The van der Waals surface area contributed by atoms with Crippen LogP contribution in [0.15, 0.2) is 53.4 Å². The van der Waals surface area contributed by atoms with Gasteiger partial charge in [-0.15, -0.1) is 0 Å². The van der Waals surface area contributed by atoms with E-state index >= 15 is 0 Å². The van der Waals surface area contributed by atoms with Crippen LogP contribution >= 0.6 is 11.6 Å². The highest BCUT2D eigenvalue weighted by atomic mass is 35.5. The summed E-state index contributed by atoms with van der Waals surface area (Å²) in [6.07, 6.45) is 1.11. The molecular weight excluding hydrogens is 450 g/mol. The van der Waals surface area contributed by atoms with Gasteiger partial charge in [0, 0.05) is 42.3 Å². The molecule has 0 saturated carbocycles. The van der Waals surface area contributed by atoms with Crippen molar-refractivity contribution < 1.29 is 18.0 Å². The van der Waals surface area contributed by atoms with Gasteiger partial charge in [0.2, 0.25) is 15.9 Å². The Morgan fingerprint density at radius 2 is 1.59 bits per heavy atom. The first-order valence-corrected chi connectivity index (χ1v) is 12.4. The van der Waals surface area contributed by atoms with E-state index in [4.69, 9.17) is 11.6 Å². The van der Waals surface area contributed by atoms with Gasteiger partial charge >= 0.3 is 0 Å². The minimum atomic E-state index is -3.56. The van der Waals surface area contributed by atoms with Crippen LogP contribution in [0.4, 0.5) is 5.69 Å². The van der Waals surface area contributed by atoms with E-state index in [1.54, 1.807) is 40.7 Å². The van der Waals surface area contributed by atoms with Crippen LogP contribution in [0.5, 0.6) is 0 Å². The molecule has 1 fully saturated rings. The van der Waals surface area contributed by atoms with Crippen molar-refractivity contribution in [1.82, 2.24) is 9.62 Å². The Morgan fingerprint density at radius 1 is 1.00 bits per heavy atom. The summed E-state index contributed by atoms with van der Waals surface area (Å²) in [4.78, 5) is 24.4. The highest BCUT2D eigenvalue weighted by Crippen LogP contribution is 2.27. The summed E-state index contributed by atoms with van der Waals surface area (Å²) < 4.78 is 27.4. The Labute approximate surface area is 194 Å². The van der Waals surface area contributed by atoms with Gasteiger partial charge in [0.1, 0.15) is 0 Å². The van der Waals surface area contributed by atoms with E-state index in [9.17, 15) is 18.0 Å². The average molecular weight is 478 g/mol. The van der Waals surface area contributed by atoms with Crippen molar-refractivity contribution in [2.75, 3.05) is 25.0 Å². The molecule has 0 spiro atoms. The second-order valence-corrected chi connectivity index (χ2v) is 10.7. The van der Waals surface area contributed by atoms with Crippen LogP contribution in [0, 0.1) is 11.8 Å². The molecule has 2 amide bonds. The van der Waals surface area contributed by atoms with E-state index in [1.807, 2.05) is 0 Å². The van der Waals surface area contributed by atoms with Crippen LogP contribution in [-0.4, -0.2) is 44.2 Å². The number of hydrogen-bond acceptors (Lipinski definition) is 4. The molecule has 1 aliphatic heterocycles. The van der Waals surface area contributed by atoms with Crippen molar-refractivity contribution in [3.63, 3.8) is 0 Å². The van der Waals surface area contributed by atoms with Gasteiger partial charge in [-0.3, -0.25) is 9.59 Å². The van der Waals surface area contributed by atoms with Crippen LogP contribution in [0.25, 0.3) is 0 Å². The van der Waals surface area contributed by atoms with Crippen LogP contribution in [0.3, 0.4) is 0 Å². The molecular formula is C23H28ClN3O4S. The number of hydrogen-bond donors (Lipinski definition) is 2. The zero-order chi connectivity index (χ0) is 23.3. The normalized spacial score (nSPS) is 19.3. The monoisotopic (exact) mass is 477 g/mol. The summed E-state index contributed by atoms with van der Waals surface area (Å²) in [6.45, 7) is 5.34. The fourth-order valence-corrected chi connectivity index (χ4v) is 5.68. The van der Waals surface area contributed by atoms with Crippen LogP contribution in [0.2, 0.25) is 5.02 Å². The number of halogens is 1. The van der Waals surface area contributed by atoms with Gasteiger partial charge < -0.3 is 10.6 Å². The molecule has 3 rings (SSSR count). The first kappa shape index (κ1) is 24.2. The third kappa shape index (κ3) is 6.31. The number of amides is 2. The SMILES string of the molecule is CC1CC(C)CN(S(=O)(=O)c2ccc(NC(=O)CCNC(=O)c3ccc(Cl)cc3)cc2)C1. The lowest BCUT2D eigenvalue weighted by Gasteiger charge is -2.34. The lowest BCUT2D eigenvalue weighted by atomic mass is 9.94. The zero-order valence-corrected chi connectivity index (χ0v) is 19.7. The van der Waals surface area contributed by atoms with E-state index < -0.39 is 10.0 Å². The van der Waals surface area contributed by atoms with E-state index in [-0.39, 0.29) is 29.7 Å². The quantitative estimate of drug-likeness (QED) is 0.634. The summed E-state index contributed by atoms with van der Waals surface area (Å²) >= 11 is 5.80. The maximum absolute atomic E-state index is 12.9. The van der Waals surface area contributed by atoms with Gasteiger partial charge in [-0.1, -0.05) is 25.4 Å². The lowest BCUT2D eigenvalue weighted by Crippen LogP contribution is -2.42. The molecule has 172 valence electrons. The summed E-state index contributed by atoms with van der Waals surface area (Å²) in [5.41, 5.74) is 0.961. The van der Waals surface area contributed by atoms with E-state index in [1.165, 1.54) is 12.1 Å². The fraction of sp³-hybridized carbons (Fsp3) is 0.391. The number of carbonyl (C=O) groups is 2. The third-order valence-electron chi connectivity index (χ3n) is 5.36. The Balaban J connectivity index is 1.51. The van der Waals surface area contributed by atoms with Crippen molar-refractivity contribution >= 4 is 39.1 Å². The zero-order valence-electron chi connectivity index (χ0n) is 18.2. The number of benzene rings is 2. The molecule has 2 unspecified atom stereocenters. The first-order valence-electron chi connectivity index (χ1n) is 10.6. The van der Waals surface area contributed by atoms with Gasteiger partial charge in [0.05, 0.1) is 4.90 Å². The molecule has 0 bridgehead atoms. The lowest BCUT2D eigenvalue weighted by molar-refractivity contribution is -0.116. The summed E-state index contributed by atoms with van der Waals surface area (Å²) in [6, 6.07) is 12.6. The predicted molar refractivity (Wildman–Crippen MR) is 125 cm³/mol. The second-order valence-electron chi connectivity index (χ2n) is 8.35. The summed E-state index contributed by atoms with van der Waals surface area (Å²) in [5.74, 6) is 0.0839. The molecule has 2 atom stereocenters. The molecule has 2 aromatic carbocycles. The molecule has 1 heterocycles. The van der Waals surface area contributed by atoms with E-state index in [0.29, 0.717) is 41.2 Å². The number of piperidine rings is 1. The summed E-state index contributed by atoms with van der Waals surface area (Å²) in [5, 5.41) is 5.94. The molecule has 0 aromatic heterocycles. The van der Waals surface area contributed by atoms with Crippen LogP contribution < -0.4 is 10.6 Å². The number of carbonyl (C=O) groups excluding carboxylic acids is 2. The molecule has 0 radical (unpaired) electrons. The number of sulfonamides is 1. The van der Waals surface area contributed by atoms with Crippen molar-refractivity contribution in [3.8, 4) is 0 Å². The molecule has 1 aliphatic rings. The minimum Gasteiger partial charge on any atom is -0.352 e. The molecule has 9 heteroatoms. The number of rotatable bonds is 7. The first-order chi connectivity index (χ1) is 15.1. The van der Waals surface area contributed by atoms with Crippen LogP contribution in [-0.2, 0) is 14.8 Å². The molecule has 2 aromatic rings. The van der Waals surface area contributed by atoms with Crippen molar-refractivity contribution in [1.29, 1.82) is 0 Å². The van der Waals surface area contributed by atoms with Gasteiger partial charge in [-0.2, -0.15) is 4.31 Å². The van der Waals surface area contributed by atoms with Gasteiger partial charge in [-0.05, 0) is 66.8 Å². The Bertz CT molecular complexity index is 1050. The standard InChI is InChI=1S/C23H28ClN3O4S/c1-16-13-17(2)15-27(14-16)32(30,31)21-9-7-20(8-10-21)26-22(28)11-12-25-23(29)18-3-5-19(24)6-4-18/h3-10,16-17H,11-15H2,1-2H3,(H,25,29)(H,26,28). The topological polar surface area (TPSA) is 95.6 Å². The maximum atomic E-state index is 12.9. The molecule has 2 N–H and O–H groups in total. The smallest absolute Gasteiger partial charge is 0.251 e. The third-order valence-corrected chi connectivity index (χ3v) is 7.45. The minimum absolute atomic E-state index is 0.0862. The average Bonchev–Trinajstić information content (AvgIpc) is 2.74. The Hall–Kier alpha value is -2.42. The number of nitrogens with one attached hydrogen (secondary N) is 2. The van der Waals surface area contributed by atoms with E-state index in [0.717, 1.165) is 6.42 Å². The predicted octanol–water partition coefficient (Wildman–Crippen LogP) is 3.77. The molecule has 0 aliphatic carbocycles. The van der Waals surface area contributed by atoms with Crippen molar-refractivity contribution in [3.05, 3.63) is 59.1 Å². The summed E-state index contributed by atoms with van der Waals surface area (Å²) in [7, 11) is -3.56. The highest BCUT2D eigenvalue weighted by Gasteiger charge is 2.31. The largest absolute Gasteiger partial charge is 0.352 e. The van der Waals surface area contributed by atoms with Gasteiger partial charge in [0.25, 0.3) is 5.91 Å². The van der Waals surface area contributed by atoms with Crippen molar-refractivity contribution in [2.45, 2.75) is 31.6 Å². The van der Waals surface area contributed by atoms with Gasteiger partial charge in [0.15, 0.2) is 0 Å².